The number of hydrogen-bond donors (Lipinski definition) is 1. The lowest BCUT2D eigenvalue weighted by Gasteiger charge is -2.24. The van der Waals surface area contributed by atoms with Gasteiger partial charge in [-0.25, -0.2) is 0 Å². The van der Waals surface area contributed by atoms with E-state index in [4.69, 9.17) is 17.3 Å². The molecular weight excluding hydrogens is 322 g/mol. The lowest BCUT2D eigenvalue weighted by Crippen LogP contribution is -2.37. The third-order valence-electron chi connectivity index (χ3n) is 5.42. The topological polar surface area (TPSA) is 49.6 Å². The van der Waals surface area contributed by atoms with Gasteiger partial charge in [0.05, 0.1) is 0 Å². The van der Waals surface area contributed by atoms with Crippen LogP contribution < -0.4 is 5.73 Å². The molecule has 0 aromatic heterocycles. The zero-order chi connectivity index (χ0) is 16.9. The van der Waals surface area contributed by atoms with E-state index in [1.807, 2.05) is 17.0 Å². The lowest BCUT2D eigenvalue weighted by molar-refractivity contribution is -0.132. The predicted octanol–water partition coefficient (Wildman–Crippen LogP) is 2.89. The smallest absolute Gasteiger partial charge is 0.222 e. The van der Waals surface area contributed by atoms with Crippen LogP contribution in [0.4, 0.5) is 0 Å². The highest BCUT2D eigenvalue weighted by atomic mass is 35.5. The second kappa shape index (κ2) is 8.32. The summed E-state index contributed by atoms with van der Waals surface area (Å²) in [5.41, 5.74) is 7.39. The van der Waals surface area contributed by atoms with Crippen molar-refractivity contribution in [2.75, 3.05) is 26.2 Å². The first kappa shape index (κ1) is 17.7. The second-order valence-corrected chi connectivity index (χ2v) is 7.63. The van der Waals surface area contributed by atoms with Gasteiger partial charge in [0, 0.05) is 50.2 Å². The number of carbonyl (C=O) groups is 1. The molecule has 0 spiro atoms. The number of carbonyl (C=O) groups excluding carboxylic acids is 1. The summed E-state index contributed by atoms with van der Waals surface area (Å²) in [5, 5.41) is 0.775. The molecule has 1 aliphatic heterocycles. The van der Waals surface area contributed by atoms with Crippen LogP contribution >= 0.6 is 11.6 Å². The average molecular weight is 350 g/mol. The molecule has 1 heterocycles. The van der Waals surface area contributed by atoms with E-state index in [2.05, 4.69) is 17.0 Å². The van der Waals surface area contributed by atoms with E-state index >= 15 is 0 Å². The van der Waals surface area contributed by atoms with Gasteiger partial charge < -0.3 is 10.6 Å². The van der Waals surface area contributed by atoms with Gasteiger partial charge in [-0.1, -0.05) is 30.2 Å². The van der Waals surface area contributed by atoms with Crippen molar-refractivity contribution in [3.63, 3.8) is 0 Å². The number of hydrogen-bond acceptors (Lipinski definition) is 3. The van der Waals surface area contributed by atoms with Crippen LogP contribution in [0.1, 0.15) is 37.7 Å². The Morgan fingerprint density at radius 2 is 1.88 bits per heavy atom. The van der Waals surface area contributed by atoms with Gasteiger partial charge in [-0.05, 0) is 42.9 Å². The molecule has 3 rings (SSSR count). The van der Waals surface area contributed by atoms with Gasteiger partial charge in [-0.2, -0.15) is 0 Å². The highest BCUT2D eigenvalue weighted by molar-refractivity contribution is 6.30. The fraction of sp³-hybridized carbons (Fsp3) is 0.632. The molecule has 5 heteroatoms. The molecule has 4 nitrogen and oxygen atoms in total. The quantitative estimate of drug-likeness (QED) is 0.909. The summed E-state index contributed by atoms with van der Waals surface area (Å²) >= 11 is 5.95. The molecule has 1 saturated carbocycles. The van der Waals surface area contributed by atoms with E-state index in [1.54, 1.807) is 0 Å². The second-order valence-electron chi connectivity index (χ2n) is 7.20. The first-order valence-corrected chi connectivity index (χ1v) is 9.50. The number of nitrogens with zero attached hydrogens (tertiary/aromatic N) is 2. The van der Waals surface area contributed by atoms with Crippen LogP contribution in [-0.2, 0) is 11.3 Å². The van der Waals surface area contributed by atoms with Gasteiger partial charge in [0.25, 0.3) is 0 Å². The molecule has 1 amide bonds. The summed E-state index contributed by atoms with van der Waals surface area (Å²) in [4.78, 5) is 17.1. The molecule has 0 bridgehead atoms. The highest BCUT2D eigenvalue weighted by Gasteiger charge is 2.28. The van der Waals surface area contributed by atoms with E-state index in [1.165, 1.54) is 12.0 Å². The zero-order valence-corrected chi connectivity index (χ0v) is 15.0. The fourth-order valence-electron chi connectivity index (χ4n) is 3.90. The van der Waals surface area contributed by atoms with Crippen LogP contribution in [0.2, 0.25) is 5.02 Å². The molecule has 2 aliphatic rings. The Bertz CT molecular complexity index is 548. The Morgan fingerprint density at radius 3 is 2.58 bits per heavy atom. The number of nitrogens with two attached hydrogens (primary N) is 1. The van der Waals surface area contributed by atoms with E-state index < -0.39 is 0 Å². The highest BCUT2D eigenvalue weighted by Crippen LogP contribution is 2.27. The Labute approximate surface area is 149 Å². The van der Waals surface area contributed by atoms with Crippen molar-refractivity contribution in [2.45, 2.75) is 44.7 Å². The standard InChI is InChI=1S/C19H28ClN3O/c20-17-7-5-15(6-8-17)14-22-9-2-10-23(12-11-22)19(24)13-16-3-1-4-18(16)21/h5-8,16,18H,1-4,9-14,21H2/t16-,18+/m0/s1. The van der Waals surface area contributed by atoms with E-state index in [0.717, 1.165) is 57.0 Å². The monoisotopic (exact) mass is 349 g/mol. The maximum absolute atomic E-state index is 12.6. The van der Waals surface area contributed by atoms with Gasteiger partial charge in [0.1, 0.15) is 0 Å². The maximum Gasteiger partial charge on any atom is 0.222 e. The summed E-state index contributed by atoms with van der Waals surface area (Å²) in [6, 6.07) is 8.27. The molecule has 0 unspecified atom stereocenters. The van der Waals surface area contributed by atoms with Crippen LogP contribution in [0.25, 0.3) is 0 Å². The molecule has 1 saturated heterocycles. The molecule has 132 valence electrons. The molecule has 2 atom stereocenters. The zero-order valence-electron chi connectivity index (χ0n) is 14.3. The number of amides is 1. The van der Waals surface area contributed by atoms with Crippen LogP contribution in [0, 0.1) is 5.92 Å². The first-order valence-electron chi connectivity index (χ1n) is 9.12. The number of benzene rings is 1. The summed E-state index contributed by atoms with van der Waals surface area (Å²) < 4.78 is 0. The van der Waals surface area contributed by atoms with Crippen molar-refractivity contribution in [3.8, 4) is 0 Å². The van der Waals surface area contributed by atoms with Crippen molar-refractivity contribution >= 4 is 17.5 Å². The lowest BCUT2D eigenvalue weighted by atomic mass is 9.99. The molecule has 2 fully saturated rings. The van der Waals surface area contributed by atoms with Gasteiger partial charge in [0.2, 0.25) is 5.91 Å². The summed E-state index contributed by atoms with van der Waals surface area (Å²) in [6.07, 6.45) is 5.04. The van der Waals surface area contributed by atoms with E-state index in [9.17, 15) is 4.79 Å². The van der Waals surface area contributed by atoms with Crippen molar-refractivity contribution in [2.24, 2.45) is 11.7 Å². The molecular formula is C19H28ClN3O. The molecule has 2 N–H and O–H groups in total. The van der Waals surface area contributed by atoms with Crippen molar-refractivity contribution in [1.82, 2.24) is 9.80 Å². The molecule has 0 radical (unpaired) electrons. The minimum absolute atomic E-state index is 0.224. The third kappa shape index (κ3) is 4.71. The third-order valence-corrected chi connectivity index (χ3v) is 5.67. The normalized spacial score (nSPS) is 25.7. The number of rotatable bonds is 4. The SMILES string of the molecule is N[C@@H]1CCC[C@H]1CC(=O)N1CCCN(Cc2ccc(Cl)cc2)CC1. The molecule has 24 heavy (non-hydrogen) atoms. The van der Waals surface area contributed by atoms with Gasteiger partial charge in [-0.3, -0.25) is 9.69 Å². The molecule has 1 aliphatic carbocycles. The van der Waals surface area contributed by atoms with Gasteiger partial charge >= 0.3 is 0 Å². The average Bonchev–Trinajstić information content (AvgIpc) is 2.83. The Balaban J connectivity index is 1.49. The largest absolute Gasteiger partial charge is 0.341 e. The van der Waals surface area contributed by atoms with Crippen LogP contribution in [0.5, 0.6) is 0 Å². The Hall–Kier alpha value is -1.10. The summed E-state index contributed by atoms with van der Waals surface area (Å²) in [5.74, 6) is 0.691. The van der Waals surface area contributed by atoms with E-state index in [-0.39, 0.29) is 6.04 Å². The predicted molar refractivity (Wildman–Crippen MR) is 97.9 cm³/mol. The van der Waals surface area contributed by atoms with Crippen molar-refractivity contribution in [3.05, 3.63) is 34.9 Å². The first-order chi connectivity index (χ1) is 11.6. The molecule has 1 aromatic carbocycles. The van der Waals surface area contributed by atoms with Crippen molar-refractivity contribution in [1.29, 1.82) is 0 Å². The van der Waals surface area contributed by atoms with Crippen LogP contribution in [0.15, 0.2) is 24.3 Å². The minimum Gasteiger partial charge on any atom is -0.341 e. The van der Waals surface area contributed by atoms with Crippen LogP contribution in [-0.4, -0.2) is 47.9 Å². The van der Waals surface area contributed by atoms with Gasteiger partial charge in [0.15, 0.2) is 0 Å². The minimum atomic E-state index is 0.224. The molecule has 1 aromatic rings. The van der Waals surface area contributed by atoms with Crippen molar-refractivity contribution < 1.29 is 4.79 Å². The van der Waals surface area contributed by atoms with E-state index in [0.29, 0.717) is 18.2 Å². The van der Waals surface area contributed by atoms with Crippen LogP contribution in [0.3, 0.4) is 0 Å². The Kier molecular flexibility index (Phi) is 6.14. The fourth-order valence-corrected chi connectivity index (χ4v) is 4.02. The Morgan fingerprint density at radius 1 is 1.08 bits per heavy atom. The number of halogens is 1. The maximum atomic E-state index is 12.6. The summed E-state index contributed by atoms with van der Waals surface area (Å²) in [6.45, 7) is 4.60. The summed E-state index contributed by atoms with van der Waals surface area (Å²) in [7, 11) is 0. The van der Waals surface area contributed by atoms with Gasteiger partial charge in [-0.15, -0.1) is 0 Å².